The second-order valence-electron chi connectivity index (χ2n) is 6.27. The van der Waals surface area contributed by atoms with Gasteiger partial charge in [0.15, 0.2) is 12.2 Å². The minimum absolute atomic E-state index is 0.0216. The number of Topliss-reactive ketones (excluding diaryl/α,β-unsaturated/α-hetero) is 2. The van der Waals surface area contributed by atoms with Gasteiger partial charge in [0.25, 0.3) is 0 Å². The number of fused-ring (bicyclic) bond motifs is 1. The van der Waals surface area contributed by atoms with Gasteiger partial charge in [0, 0.05) is 11.1 Å². The minimum Gasteiger partial charge on any atom is -0.449 e. The minimum atomic E-state index is -0.486. The van der Waals surface area contributed by atoms with E-state index < -0.39 is 11.6 Å². The Morgan fingerprint density at radius 3 is 2.10 bits per heavy atom. The van der Waals surface area contributed by atoms with Crippen LogP contribution in [0.25, 0.3) is 0 Å². The van der Waals surface area contributed by atoms with Crippen molar-refractivity contribution < 1.29 is 18.5 Å². The predicted molar refractivity (Wildman–Crippen MR) is 122 cm³/mol. The van der Waals surface area contributed by atoms with E-state index in [-0.39, 0.29) is 43.4 Å². The first-order chi connectivity index (χ1) is 15.0. The first-order valence-electron chi connectivity index (χ1n) is 8.86. The lowest BCUT2D eigenvalue weighted by molar-refractivity contribution is 0.0933. The van der Waals surface area contributed by atoms with Gasteiger partial charge in [0.1, 0.15) is 22.2 Å². The van der Waals surface area contributed by atoms with Crippen LogP contribution in [0.15, 0.2) is 78.2 Å². The molecule has 156 valence electrons. The zero-order valence-electron chi connectivity index (χ0n) is 15.5. The molecule has 1 N–H and O–H groups in total. The summed E-state index contributed by atoms with van der Waals surface area (Å²) in [5.74, 6) is -0.496. The quantitative estimate of drug-likeness (QED) is 0.239. The SMILES string of the molecule is O=C1C(NSOc2ccccc2)=C(Oc2ccc(Cl)c(Cl)c2Cl)C(=O)c2ccccc21. The van der Waals surface area contributed by atoms with Gasteiger partial charge in [-0.3, -0.25) is 14.3 Å². The zero-order valence-corrected chi connectivity index (χ0v) is 18.6. The van der Waals surface area contributed by atoms with Gasteiger partial charge in [-0.1, -0.05) is 77.3 Å². The summed E-state index contributed by atoms with van der Waals surface area (Å²) in [6, 6.07) is 18.4. The Hall–Kier alpha value is -2.64. The molecule has 0 saturated heterocycles. The molecule has 0 atom stereocenters. The van der Waals surface area contributed by atoms with E-state index in [9.17, 15) is 9.59 Å². The van der Waals surface area contributed by atoms with Crippen LogP contribution >= 0.6 is 47.0 Å². The Balaban J connectivity index is 1.70. The number of nitrogens with one attached hydrogen (secondary N) is 1. The monoisotopic (exact) mass is 491 g/mol. The predicted octanol–water partition coefficient (Wildman–Crippen LogP) is 6.55. The molecule has 0 spiro atoms. The lowest BCUT2D eigenvalue weighted by atomic mass is 9.91. The van der Waals surface area contributed by atoms with Crippen molar-refractivity contribution in [1.29, 1.82) is 0 Å². The molecule has 0 unspecified atom stereocenters. The maximum Gasteiger partial charge on any atom is 0.231 e. The average molecular weight is 493 g/mol. The third kappa shape index (κ3) is 4.38. The van der Waals surface area contributed by atoms with Gasteiger partial charge < -0.3 is 8.92 Å². The highest BCUT2D eigenvalue weighted by Crippen LogP contribution is 2.39. The summed E-state index contributed by atoms with van der Waals surface area (Å²) < 4.78 is 14.1. The molecule has 0 saturated carbocycles. The number of para-hydroxylation sites is 1. The van der Waals surface area contributed by atoms with Crippen molar-refractivity contribution in [1.82, 2.24) is 4.72 Å². The van der Waals surface area contributed by atoms with E-state index in [0.717, 1.165) is 12.2 Å². The van der Waals surface area contributed by atoms with E-state index in [1.54, 1.807) is 36.4 Å². The highest BCUT2D eigenvalue weighted by molar-refractivity contribution is 7.93. The molecule has 0 heterocycles. The number of rotatable bonds is 6. The van der Waals surface area contributed by atoms with Gasteiger partial charge in [0.05, 0.1) is 10.0 Å². The fourth-order valence-corrected chi connectivity index (χ4v) is 3.91. The number of carbonyl (C=O) groups excluding carboxylic acids is 2. The number of hydrogen-bond acceptors (Lipinski definition) is 6. The molecule has 4 rings (SSSR count). The van der Waals surface area contributed by atoms with Crippen LogP contribution in [0.4, 0.5) is 0 Å². The van der Waals surface area contributed by atoms with Gasteiger partial charge in [-0.15, -0.1) is 0 Å². The molecular weight excluding hydrogens is 481 g/mol. The first kappa shape index (κ1) is 21.6. The van der Waals surface area contributed by atoms with Crippen LogP contribution in [-0.4, -0.2) is 11.6 Å². The summed E-state index contributed by atoms with van der Waals surface area (Å²) >= 11 is 19.0. The van der Waals surface area contributed by atoms with E-state index in [1.807, 2.05) is 18.2 Å². The number of allylic oxidation sites excluding steroid dienone is 2. The fourth-order valence-electron chi connectivity index (χ4n) is 2.83. The summed E-state index contributed by atoms with van der Waals surface area (Å²) in [5.41, 5.74) is 0.396. The van der Waals surface area contributed by atoms with Crippen molar-refractivity contribution in [3.63, 3.8) is 0 Å². The Labute approximate surface area is 197 Å². The molecule has 1 aliphatic carbocycles. The third-order valence-corrected chi connectivity index (χ3v) is 6.15. The van der Waals surface area contributed by atoms with E-state index in [0.29, 0.717) is 5.75 Å². The van der Waals surface area contributed by atoms with Crippen LogP contribution in [-0.2, 0) is 0 Å². The Morgan fingerprint density at radius 2 is 1.39 bits per heavy atom. The van der Waals surface area contributed by atoms with Crippen molar-refractivity contribution in [2.75, 3.05) is 0 Å². The number of ether oxygens (including phenoxy) is 1. The van der Waals surface area contributed by atoms with Crippen molar-refractivity contribution in [3.05, 3.63) is 104 Å². The largest absolute Gasteiger partial charge is 0.449 e. The molecule has 31 heavy (non-hydrogen) atoms. The molecule has 0 aromatic heterocycles. The maximum atomic E-state index is 13.1. The highest BCUT2D eigenvalue weighted by Gasteiger charge is 2.35. The van der Waals surface area contributed by atoms with E-state index >= 15 is 0 Å². The summed E-state index contributed by atoms with van der Waals surface area (Å²) in [7, 11) is 0. The smallest absolute Gasteiger partial charge is 0.231 e. The second kappa shape index (κ2) is 9.24. The van der Waals surface area contributed by atoms with E-state index in [2.05, 4.69) is 4.72 Å². The molecule has 3 aromatic carbocycles. The number of halogens is 3. The molecule has 0 amide bonds. The third-order valence-electron chi connectivity index (χ3n) is 4.31. The number of ketones is 2. The fraction of sp³-hybridized carbons (Fsp3) is 0. The van der Waals surface area contributed by atoms with Crippen LogP contribution in [0, 0.1) is 0 Å². The van der Waals surface area contributed by atoms with Gasteiger partial charge in [-0.2, -0.15) is 0 Å². The van der Waals surface area contributed by atoms with Crippen molar-refractivity contribution in [2.24, 2.45) is 0 Å². The normalized spacial score (nSPS) is 13.1. The standard InChI is InChI=1S/C22H12Cl3NO4S/c23-15-10-11-16(18(25)17(15)24)29-22-19(26-31-30-12-6-2-1-3-7-12)20(27)13-8-4-5-9-14(13)21(22)28/h1-11,26H. The van der Waals surface area contributed by atoms with Gasteiger partial charge in [0.2, 0.25) is 17.3 Å². The van der Waals surface area contributed by atoms with Crippen LogP contribution in [0.2, 0.25) is 15.1 Å². The summed E-state index contributed by atoms with van der Waals surface area (Å²) in [5, 5.41) is 0.329. The van der Waals surface area contributed by atoms with Crippen molar-refractivity contribution >= 4 is 58.6 Å². The van der Waals surface area contributed by atoms with E-state index in [4.69, 9.17) is 43.7 Å². The van der Waals surface area contributed by atoms with Gasteiger partial charge in [-0.05, 0) is 24.3 Å². The number of carbonyl (C=O) groups is 2. The molecule has 0 aliphatic heterocycles. The topological polar surface area (TPSA) is 64.6 Å². The van der Waals surface area contributed by atoms with Crippen LogP contribution in [0.3, 0.4) is 0 Å². The van der Waals surface area contributed by atoms with Crippen LogP contribution < -0.4 is 13.6 Å². The molecule has 5 nitrogen and oxygen atoms in total. The summed E-state index contributed by atoms with van der Waals surface area (Å²) in [4.78, 5) is 26.3. The van der Waals surface area contributed by atoms with E-state index in [1.165, 1.54) is 12.1 Å². The Bertz CT molecular complexity index is 1210. The Kier molecular flexibility index (Phi) is 6.43. The number of benzene rings is 3. The second-order valence-corrected chi connectivity index (χ2v) is 7.97. The maximum absolute atomic E-state index is 13.1. The molecule has 0 radical (unpaired) electrons. The Morgan fingerprint density at radius 1 is 0.742 bits per heavy atom. The van der Waals surface area contributed by atoms with Crippen molar-refractivity contribution in [2.45, 2.75) is 0 Å². The lowest BCUT2D eigenvalue weighted by Crippen LogP contribution is -2.30. The molecule has 3 aromatic rings. The molecule has 9 heteroatoms. The summed E-state index contributed by atoms with van der Waals surface area (Å²) in [6.07, 6.45) is 0. The highest BCUT2D eigenvalue weighted by atomic mass is 35.5. The number of hydrogen-bond donors (Lipinski definition) is 1. The zero-order chi connectivity index (χ0) is 22.0. The first-order valence-corrected chi connectivity index (χ1v) is 10.7. The van der Waals surface area contributed by atoms with Crippen LogP contribution in [0.1, 0.15) is 20.7 Å². The van der Waals surface area contributed by atoms with Crippen molar-refractivity contribution in [3.8, 4) is 11.5 Å². The molecule has 0 bridgehead atoms. The molecule has 1 aliphatic rings. The van der Waals surface area contributed by atoms with Gasteiger partial charge >= 0.3 is 0 Å². The molecule has 0 fully saturated rings. The van der Waals surface area contributed by atoms with Crippen LogP contribution in [0.5, 0.6) is 11.5 Å². The molecular formula is C22H12Cl3NO4S. The average Bonchev–Trinajstić information content (AvgIpc) is 2.80. The van der Waals surface area contributed by atoms with Gasteiger partial charge in [-0.25, -0.2) is 0 Å². The lowest BCUT2D eigenvalue weighted by Gasteiger charge is -2.21. The summed E-state index contributed by atoms with van der Waals surface area (Å²) in [6.45, 7) is 0.